The third-order valence-electron chi connectivity index (χ3n) is 3.21. The van der Waals surface area contributed by atoms with Crippen molar-refractivity contribution in [2.45, 2.75) is 6.54 Å². The molecule has 0 aliphatic carbocycles. The average Bonchev–Trinajstić information content (AvgIpc) is 2.94. The molecule has 3 rings (SSSR count). The second-order valence-corrected chi connectivity index (χ2v) is 5.86. The fourth-order valence-corrected chi connectivity index (χ4v) is 2.44. The van der Waals surface area contributed by atoms with Crippen LogP contribution in [0.5, 0.6) is 0 Å². The number of pyridine rings is 1. The van der Waals surface area contributed by atoms with Gasteiger partial charge in [-0.1, -0.05) is 12.1 Å². The van der Waals surface area contributed by atoms with Crippen molar-refractivity contribution < 1.29 is 9.18 Å². The molecule has 6 heteroatoms. The second-order valence-electron chi connectivity index (χ2n) is 4.95. The van der Waals surface area contributed by atoms with E-state index in [1.807, 2.05) is 28.9 Å². The largest absolute Gasteiger partial charge is 0.347 e. The average molecular weight is 374 g/mol. The van der Waals surface area contributed by atoms with E-state index in [1.54, 1.807) is 18.2 Å². The van der Waals surface area contributed by atoms with Gasteiger partial charge in [0, 0.05) is 22.9 Å². The molecule has 4 nitrogen and oxygen atoms in total. The highest BCUT2D eigenvalue weighted by Gasteiger charge is 2.03. The number of hydrogen-bond donors (Lipinski definition) is 1. The zero-order valence-electron chi connectivity index (χ0n) is 12.0. The lowest BCUT2D eigenvalue weighted by molar-refractivity contribution is -0.116. The lowest BCUT2D eigenvalue weighted by Crippen LogP contribution is -2.20. The summed E-state index contributed by atoms with van der Waals surface area (Å²) >= 11 is 3.40. The number of imidazole rings is 1. The van der Waals surface area contributed by atoms with Gasteiger partial charge in [0.15, 0.2) is 0 Å². The van der Waals surface area contributed by atoms with Crippen molar-refractivity contribution in [1.82, 2.24) is 14.7 Å². The fraction of sp³-hybridized carbons (Fsp3) is 0.0588. The molecule has 0 radical (unpaired) electrons. The maximum atomic E-state index is 12.8. The summed E-state index contributed by atoms with van der Waals surface area (Å²) in [5.41, 5.74) is 2.35. The second kappa shape index (κ2) is 6.75. The summed E-state index contributed by atoms with van der Waals surface area (Å²) in [5, 5.41) is 2.77. The molecule has 3 aromatic rings. The molecule has 0 aliphatic rings. The Morgan fingerprint density at radius 1 is 1.22 bits per heavy atom. The van der Waals surface area contributed by atoms with E-state index in [0.29, 0.717) is 6.54 Å². The van der Waals surface area contributed by atoms with Gasteiger partial charge in [0.05, 0.1) is 12.2 Å². The van der Waals surface area contributed by atoms with Gasteiger partial charge in [-0.2, -0.15) is 0 Å². The van der Waals surface area contributed by atoms with E-state index in [2.05, 4.69) is 26.2 Å². The van der Waals surface area contributed by atoms with Crippen molar-refractivity contribution >= 4 is 33.6 Å². The van der Waals surface area contributed by atoms with Gasteiger partial charge in [-0.15, -0.1) is 0 Å². The fourth-order valence-electron chi connectivity index (χ4n) is 2.08. The van der Waals surface area contributed by atoms with Crippen LogP contribution in [0.25, 0.3) is 11.7 Å². The molecule has 1 amide bonds. The van der Waals surface area contributed by atoms with Crippen LogP contribution < -0.4 is 5.32 Å². The SMILES string of the molecule is O=C(/C=C/c1ccc(F)cc1)NCc1cn2cc(Br)ccc2n1. The van der Waals surface area contributed by atoms with Gasteiger partial charge in [-0.05, 0) is 51.8 Å². The Kier molecular flexibility index (Phi) is 4.52. The quantitative estimate of drug-likeness (QED) is 0.710. The highest BCUT2D eigenvalue weighted by Crippen LogP contribution is 2.12. The van der Waals surface area contributed by atoms with E-state index < -0.39 is 0 Å². The molecule has 116 valence electrons. The minimum Gasteiger partial charge on any atom is -0.347 e. The Morgan fingerprint density at radius 3 is 2.78 bits per heavy atom. The molecule has 0 fully saturated rings. The molecule has 1 aromatic carbocycles. The molecule has 0 unspecified atom stereocenters. The number of carbonyl (C=O) groups is 1. The normalized spacial score (nSPS) is 11.2. The molecule has 2 aromatic heterocycles. The highest BCUT2D eigenvalue weighted by molar-refractivity contribution is 9.10. The summed E-state index contributed by atoms with van der Waals surface area (Å²) in [7, 11) is 0. The van der Waals surface area contributed by atoms with Crippen molar-refractivity contribution in [1.29, 1.82) is 0 Å². The summed E-state index contributed by atoms with van der Waals surface area (Å²) in [6.45, 7) is 0.339. The van der Waals surface area contributed by atoms with Gasteiger partial charge < -0.3 is 9.72 Å². The standard InChI is InChI=1S/C17H13BrFN3O/c18-13-4-7-16-21-15(11-22(16)10-13)9-20-17(23)8-3-12-1-5-14(19)6-2-12/h1-8,10-11H,9H2,(H,20,23)/b8-3+. The first kappa shape index (κ1) is 15.4. The lowest BCUT2D eigenvalue weighted by Gasteiger charge is -1.98. The van der Waals surface area contributed by atoms with Crippen LogP contribution in [0, 0.1) is 5.82 Å². The predicted molar refractivity (Wildman–Crippen MR) is 90.2 cm³/mol. The van der Waals surface area contributed by atoms with Crippen LogP contribution in [0.1, 0.15) is 11.3 Å². The number of benzene rings is 1. The minimum absolute atomic E-state index is 0.229. The van der Waals surface area contributed by atoms with Crippen LogP contribution in [0.2, 0.25) is 0 Å². The van der Waals surface area contributed by atoms with E-state index in [1.165, 1.54) is 18.2 Å². The molecule has 0 atom stereocenters. The number of nitrogens with zero attached hydrogens (tertiary/aromatic N) is 2. The van der Waals surface area contributed by atoms with Gasteiger partial charge in [0.2, 0.25) is 5.91 Å². The molecule has 0 bridgehead atoms. The number of hydrogen-bond acceptors (Lipinski definition) is 2. The van der Waals surface area contributed by atoms with Gasteiger partial charge >= 0.3 is 0 Å². The number of fused-ring (bicyclic) bond motifs is 1. The Labute approximate surface area is 140 Å². The van der Waals surface area contributed by atoms with E-state index in [4.69, 9.17) is 0 Å². The lowest BCUT2D eigenvalue weighted by atomic mass is 10.2. The van der Waals surface area contributed by atoms with Crippen LogP contribution in [0.4, 0.5) is 4.39 Å². The van der Waals surface area contributed by atoms with Gasteiger partial charge in [-0.25, -0.2) is 9.37 Å². The van der Waals surface area contributed by atoms with Crippen LogP contribution in [0.15, 0.2) is 59.3 Å². The minimum atomic E-state index is -0.301. The van der Waals surface area contributed by atoms with Gasteiger partial charge in [0.1, 0.15) is 11.5 Å². The smallest absolute Gasteiger partial charge is 0.244 e. The molecule has 0 saturated heterocycles. The Hall–Kier alpha value is -2.47. The van der Waals surface area contributed by atoms with Crippen LogP contribution in [-0.4, -0.2) is 15.3 Å². The molecular weight excluding hydrogens is 361 g/mol. The topological polar surface area (TPSA) is 46.4 Å². The molecular formula is C17H13BrFN3O. The molecule has 0 saturated carbocycles. The molecule has 2 heterocycles. The first-order valence-electron chi connectivity index (χ1n) is 6.95. The summed E-state index contributed by atoms with van der Waals surface area (Å²) in [5.74, 6) is -0.530. The van der Waals surface area contributed by atoms with E-state index in [-0.39, 0.29) is 11.7 Å². The number of rotatable bonds is 4. The maximum absolute atomic E-state index is 12.8. The number of nitrogens with one attached hydrogen (secondary N) is 1. The van der Waals surface area contributed by atoms with Crippen LogP contribution >= 0.6 is 15.9 Å². The monoisotopic (exact) mass is 373 g/mol. The molecule has 0 spiro atoms. The summed E-state index contributed by atoms with van der Waals surface area (Å²) in [6, 6.07) is 9.73. The molecule has 23 heavy (non-hydrogen) atoms. The molecule has 1 N–H and O–H groups in total. The number of aromatic nitrogens is 2. The maximum Gasteiger partial charge on any atom is 0.244 e. The first-order valence-corrected chi connectivity index (χ1v) is 7.74. The number of carbonyl (C=O) groups excluding carboxylic acids is 1. The van der Waals surface area contributed by atoms with Crippen LogP contribution in [-0.2, 0) is 11.3 Å². The third kappa shape index (κ3) is 4.04. The van der Waals surface area contributed by atoms with Crippen molar-refractivity contribution in [2.75, 3.05) is 0 Å². The molecule has 0 aliphatic heterocycles. The summed E-state index contributed by atoms with van der Waals surface area (Å²) in [4.78, 5) is 16.2. The highest BCUT2D eigenvalue weighted by atomic mass is 79.9. The number of halogens is 2. The van der Waals surface area contributed by atoms with Gasteiger partial charge in [0.25, 0.3) is 0 Å². The van der Waals surface area contributed by atoms with Gasteiger partial charge in [-0.3, -0.25) is 4.79 Å². The van der Waals surface area contributed by atoms with E-state index >= 15 is 0 Å². The summed E-state index contributed by atoms with van der Waals surface area (Å²) in [6.07, 6.45) is 6.82. The Bertz CT molecular complexity index is 871. The van der Waals surface area contributed by atoms with Crippen molar-refractivity contribution in [3.05, 3.63) is 76.4 Å². The zero-order chi connectivity index (χ0) is 16.2. The van der Waals surface area contributed by atoms with Crippen molar-refractivity contribution in [3.8, 4) is 0 Å². The Balaban J connectivity index is 1.60. The first-order chi connectivity index (χ1) is 11.1. The van der Waals surface area contributed by atoms with Crippen molar-refractivity contribution in [3.63, 3.8) is 0 Å². The van der Waals surface area contributed by atoms with Crippen LogP contribution in [0.3, 0.4) is 0 Å². The van der Waals surface area contributed by atoms with E-state index in [0.717, 1.165) is 21.4 Å². The number of amides is 1. The summed E-state index contributed by atoms with van der Waals surface area (Å²) < 4.78 is 15.6. The Morgan fingerprint density at radius 2 is 2.00 bits per heavy atom. The van der Waals surface area contributed by atoms with E-state index in [9.17, 15) is 9.18 Å². The third-order valence-corrected chi connectivity index (χ3v) is 3.67. The zero-order valence-corrected chi connectivity index (χ0v) is 13.6. The predicted octanol–water partition coefficient (Wildman–Crippen LogP) is 3.57. The van der Waals surface area contributed by atoms with Crippen molar-refractivity contribution in [2.24, 2.45) is 0 Å².